The summed E-state index contributed by atoms with van der Waals surface area (Å²) in [5, 5.41) is 5.82. The van der Waals surface area contributed by atoms with Crippen LogP contribution in [0.4, 0.5) is 4.79 Å². The fourth-order valence-electron chi connectivity index (χ4n) is 1.23. The van der Waals surface area contributed by atoms with Gasteiger partial charge in [-0.3, -0.25) is 0 Å². The van der Waals surface area contributed by atoms with Gasteiger partial charge in [0, 0.05) is 13.1 Å². The molecule has 0 aliphatic heterocycles. The summed E-state index contributed by atoms with van der Waals surface area (Å²) < 4.78 is 11.1. The van der Waals surface area contributed by atoms with E-state index in [1.165, 1.54) is 0 Å². The molecule has 18 heavy (non-hydrogen) atoms. The van der Waals surface area contributed by atoms with Gasteiger partial charge in [0.2, 0.25) is 0 Å². The Kier molecular flexibility index (Phi) is 5.68. The van der Waals surface area contributed by atoms with Gasteiger partial charge in [0.25, 0.3) is 0 Å². The van der Waals surface area contributed by atoms with Crippen LogP contribution in [-0.2, 0) is 11.3 Å². The Morgan fingerprint density at radius 2 is 2.11 bits per heavy atom. The maximum atomic E-state index is 11.3. The summed E-state index contributed by atoms with van der Waals surface area (Å²) in [5.74, 6) is 0.846. The van der Waals surface area contributed by atoms with E-state index in [2.05, 4.69) is 26.6 Å². The van der Waals surface area contributed by atoms with Crippen LogP contribution in [0.1, 0.15) is 26.5 Å². The number of hydrogen-bond acceptors (Lipinski definition) is 4. The van der Waals surface area contributed by atoms with Crippen LogP contribution < -0.4 is 10.6 Å². The Labute approximate surface area is 115 Å². The molecule has 0 unspecified atom stereocenters. The molecular weight excluding hydrogens is 300 g/mol. The molecule has 1 aromatic rings. The molecule has 2 N–H and O–H groups in total. The van der Waals surface area contributed by atoms with Crippen molar-refractivity contribution < 1.29 is 13.9 Å². The molecule has 1 amide bonds. The quantitative estimate of drug-likeness (QED) is 0.819. The first-order valence-electron chi connectivity index (χ1n) is 5.78. The summed E-state index contributed by atoms with van der Waals surface area (Å²) >= 11 is 3.23. The van der Waals surface area contributed by atoms with E-state index in [4.69, 9.17) is 9.15 Å². The van der Waals surface area contributed by atoms with E-state index in [1.54, 1.807) is 0 Å². The maximum Gasteiger partial charge on any atom is 0.407 e. The normalized spacial score (nSPS) is 11.3. The third-order valence-electron chi connectivity index (χ3n) is 1.90. The minimum Gasteiger partial charge on any atom is -0.453 e. The second-order valence-corrected chi connectivity index (χ2v) is 5.59. The van der Waals surface area contributed by atoms with Gasteiger partial charge in [0.1, 0.15) is 11.4 Å². The van der Waals surface area contributed by atoms with Gasteiger partial charge in [-0.1, -0.05) is 0 Å². The summed E-state index contributed by atoms with van der Waals surface area (Å²) in [5.41, 5.74) is -0.460. The first-order chi connectivity index (χ1) is 8.37. The van der Waals surface area contributed by atoms with Gasteiger partial charge in [-0.25, -0.2) is 4.79 Å². The molecule has 102 valence electrons. The van der Waals surface area contributed by atoms with Crippen molar-refractivity contribution in [3.63, 3.8) is 0 Å². The number of ether oxygens (including phenoxy) is 1. The third kappa shape index (κ3) is 6.66. The van der Waals surface area contributed by atoms with Gasteiger partial charge in [0.05, 0.1) is 6.54 Å². The van der Waals surface area contributed by atoms with Gasteiger partial charge in [-0.15, -0.1) is 0 Å². The highest BCUT2D eigenvalue weighted by Crippen LogP contribution is 2.13. The Balaban J connectivity index is 2.07. The van der Waals surface area contributed by atoms with Crippen molar-refractivity contribution in [3.05, 3.63) is 22.6 Å². The lowest BCUT2D eigenvalue weighted by Crippen LogP contribution is -2.36. The number of nitrogens with one attached hydrogen (secondary N) is 2. The number of carbonyl (C=O) groups excluding carboxylic acids is 1. The van der Waals surface area contributed by atoms with Crippen LogP contribution in [0.25, 0.3) is 0 Å². The fraction of sp³-hybridized carbons (Fsp3) is 0.583. The van der Waals surface area contributed by atoms with E-state index in [9.17, 15) is 4.79 Å². The second-order valence-electron chi connectivity index (χ2n) is 4.81. The Hall–Kier alpha value is -1.01. The summed E-state index contributed by atoms with van der Waals surface area (Å²) in [6.07, 6.45) is -0.398. The van der Waals surface area contributed by atoms with Crippen molar-refractivity contribution in [2.24, 2.45) is 0 Å². The largest absolute Gasteiger partial charge is 0.453 e. The molecule has 1 rings (SSSR count). The van der Waals surface area contributed by atoms with Gasteiger partial charge in [-0.2, -0.15) is 0 Å². The molecule has 0 radical (unpaired) electrons. The van der Waals surface area contributed by atoms with E-state index in [0.29, 0.717) is 24.3 Å². The predicted molar refractivity (Wildman–Crippen MR) is 72.4 cm³/mol. The highest BCUT2D eigenvalue weighted by atomic mass is 79.9. The molecule has 0 saturated heterocycles. The topological polar surface area (TPSA) is 63.5 Å². The standard InChI is InChI=1S/C12H19BrN2O3/c1-12(2,3)18-11(16)15-7-6-14-8-9-4-5-10(13)17-9/h4-5,14H,6-8H2,1-3H3,(H,15,16). The first kappa shape index (κ1) is 15.0. The van der Waals surface area contributed by atoms with Crippen LogP contribution >= 0.6 is 15.9 Å². The van der Waals surface area contributed by atoms with E-state index in [1.807, 2.05) is 32.9 Å². The number of furan rings is 1. The van der Waals surface area contributed by atoms with E-state index >= 15 is 0 Å². The average molecular weight is 319 g/mol. The molecule has 0 aliphatic carbocycles. The van der Waals surface area contributed by atoms with Crippen molar-refractivity contribution in [2.45, 2.75) is 32.9 Å². The molecule has 0 aliphatic rings. The smallest absolute Gasteiger partial charge is 0.407 e. The second kappa shape index (κ2) is 6.80. The Bertz CT molecular complexity index is 385. The minimum atomic E-state index is -0.460. The monoisotopic (exact) mass is 318 g/mol. The molecule has 0 atom stereocenters. The number of carbonyl (C=O) groups is 1. The van der Waals surface area contributed by atoms with Crippen LogP contribution in [-0.4, -0.2) is 24.8 Å². The number of alkyl carbamates (subject to hydrolysis) is 1. The van der Waals surface area contributed by atoms with Gasteiger partial charge >= 0.3 is 6.09 Å². The zero-order valence-corrected chi connectivity index (χ0v) is 12.5. The number of amides is 1. The van der Waals surface area contributed by atoms with Crippen molar-refractivity contribution in [1.82, 2.24) is 10.6 Å². The molecular formula is C12H19BrN2O3. The van der Waals surface area contributed by atoms with Crippen molar-refractivity contribution in [2.75, 3.05) is 13.1 Å². The van der Waals surface area contributed by atoms with E-state index in [-0.39, 0.29) is 0 Å². The van der Waals surface area contributed by atoms with Crippen LogP contribution in [0.5, 0.6) is 0 Å². The molecule has 0 bridgehead atoms. The average Bonchev–Trinajstić information content (AvgIpc) is 2.61. The van der Waals surface area contributed by atoms with Crippen LogP contribution in [0, 0.1) is 0 Å². The summed E-state index contributed by atoms with van der Waals surface area (Å²) in [4.78, 5) is 11.3. The van der Waals surface area contributed by atoms with Crippen molar-refractivity contribution in [1.29, 1.82) is 0 Å². The first-order valence-corrected chi connectivity index (χ1v) is 6.58. The van der Waals surface area contributed by atoms with Crippen molar-refractivity contribution in [3.8, 4) is 0 Å². The lowest BCUT2D eigenvalue weighted by molar-refractivity contribution is 0.0528. The number of hydrogen-bond donors (Lipinski definition) is 2. The molecule has 5 nitrogen and oxygen atoms in total. The molecule has 1 aromatic heterocycles. The number of halogens is 1. The summed E-state index contributed by atoms with van der Waals surface area (Å²) in [6, 6.07) is 3.73. The van der Waals surface area contributed by atoms with Gasteiger partial charge in [-0.05, 0) is 48.8 Å². The SMILES string of the molecule is CC(C)(C)OC(=O)NCCNCc1ccc(Br)o1. The lowest BCUT2D eigenvalue weighted by Gasteiger charge is -2.19. The van der Waals surface area contributed by atoms with Crippen LogP contribution in [0.15, 0.2) is 21.2 Å². The summed E-state index contributed by atoms with van der Waals surface area (Å²) in [7, 11) is 0. The van der Waals surface area contributed by atoms with Gasteiger partial charge < -0.3 is 19.8 Å². The highest BCUT2D eigenvalue weighted by molar-refractivity contribution is 9.10. The number of rotatable bonds is 5. The van der Waals surface area contributed by atoms with E-state index < -0.39 is 11.7 Å². The summed E-state index contributed by atoms with van der Waals surface area (Å²) in [6.45, 7) is 7.29. The molecule has 1 heterocycles. The minimum absolute atomic E-state index is 0.398. The molecule has 0 fully saturated rings. The zero-order valence-electron chi connectivity index (χ0n) is 10.9. The molecule has 0 spiro atoms. The fourth-order valence-corrected chi connectivity index (χ4v) is 1.57. The maximum absolute atomic E-state index is 11.3. The van der Waals surface area contributed by atoms with Crippen molar-refractivity contribution >= 4 is 22.0 Å². The zero-order chi connectivity index (χ0) is 13.6. The molecule has 0 saturated carbocycles. The van der Waals surface area contributed by atoms with Crippen LogP contribution in [0.3, 0.4) is 0 Å². The lowest BCUT2D eigenvalue weighted by atomic mass is 10.2. The third-order valence-corrected chi connectivity index (χ3v) is 2.32. The van der Waals surface area contributed by atoms with Gasteiger partial charge in [0.15, 0.2) is 4.67 Å². The molecule has 0 aromatic carbocycles. The Morgan fingerprint density at radius 1 is 1.39 bits per heavy atom. The Morgan fingerprint density at radius 3 is 2.67 bits per heavy atom. The van der Waals surface area contributed by atoms with Crippen LogP contribution in [0.2, 0.25) is 0 Å². The highest BCUT2D eigenvalue weighted by Gasteiger charge is 2.15. The molecule has 6 heteroatoms. The van der Waals surface area contributed by atoms with E-state index in [0.717, 1.165) is 5.76 Å². The predicted octanol–water partition coefficient (Wildman–Crippen LogP) is 2.66.